The number of nitrogens with zero attached hydrogens (tertiary/aromatic N) is 2. The molecule has 4 amide bonds. The second kappa shape index (κ2) is 11.4. The first-order valence-electron chi connectivity index (χ1n) is 12.7. The van der Waals surface area contributed by atoms with Gasteiger partial charge in [-0.3, -0.25) is 19.2 Å². The maximum Gasteiger partial charge on any atom is 0.471 e. The van der Waals surface area contributed by atoms with Crippen molar-refractivity contribution in [3.05, 3.63) is 0 Å². The van der Waals surface area contributed by atoms with Gasteiger partial charge in [0.15, 0.2) is 0 Å². The summed E-state index contributed by atoms with van der Waals surface area (Å²) in [7, 11) is 0. The van der Waals surface area contributed by atoms with Crippen LogP contribution >= 0.6 is 0 Å². The van der Waals surface area contributed by atoms with Crippen molar-refractivity contribution in [2.45, 2.75) is 95.1 Å². The Labute approximate surface area is 216 Å². The zero-order valence-corrected chi connectivity index (χ0v) is 21.1. The number of alkyl halides is 5. The summed E-state index contributed by atoms with van der Waals surface area (Å²) in [5.41, 5.74) is 0. The maximum absolute atomic E-state index is 14.9. The monoisotopic (exact) mass is 549 g/mol. The fraction of sp³-hybridized carbons (Fsp3) is 0.792. The van der Waals surface area contributed by atoms with Gasteiger partial charge in [-0.25, -0.2) is 8.78 Å². The third-order valence-corrected chi connectivity index (χ3v) is 7.42. The van der Waals surface area contributed by atoms with E-state index in [1.807, 2.05) is 6.07 Å². The Balaban J connectivity index is 1.87. The number of hydrogen-bond acceptors (Lipinski definition) is 5. The van der Waals surface area contributed by atoms with E-state index in [0.29, 0.717) is 19.4 Å². The lowest BCUT2D eigenvalue weighted by Gasteiger charge is -2.54. The molecule has 4 fully saturated rings. The lowest BCUT2D eigenvalue weighted by Crippen LogP contribution is -2.71. The molecule has 38 heavy (non-hydrogen) atoms. The Morgan fingerprint density at radius 1 is 1.18 bits per heavy atom. The fourth-order valence-corrected chi connectivity index (χ4v) is 5.68. The zero-order chi connectivity index (χ0) is 28.4. The van der Waals surface area contributed by atoms with Crippen LogP contribution in [-0.4, -0.2) is 71.3 Å². The predicted octanol–water partition coefficient (Wildman–Crippen LogP) is 2.02. The molecule has 4 aliphatic rings. The van der Waals surface area contributed by atoms with E-state index in [0.717, 1.165) is 4.90 Å². The summed E-state index contributed by atoms with van der Waals surface area (Å²) in [5.74, 6) is -10.6. The van der Waals surface area contributed by atoms with Gasteiger partial charge in [-0.15, -0.1) is 0 Å². The first kappa shape index (κ1) is 29.6. The summed E-state index contributed by atoms with van der Waals surface area (Å²) in [6.07, 6.45) is -5.15. The van der Waals surface area contributed by atoms with E-state index in [-0.39, 0.29) is 37.5 Å². The second-order valence-electron chi connectivity index (χ2n) is 10.7. The smallest absolute Gasteiger partial charge is 0.356 e. The van der Waals surface area contributed by atoms with E-state index >= 15 is 0 Å². The van der Waals surface area contributed by atoms with Crippen LogP contribution in [0.25, 0.3) is 0 Å². The molecule has 0 aromatic rings. The van der Waals surface area contributed by atoms with Crippen LogP contribution in [0.5, 0.6) is 0 Å². The number of halogens is 5. The van der Waals surface area contributed by atoms with Gasteiger partial charge in [0.05, 0.1) is 12.0 Å². The van der Waals surface area contributed by atoms with Crippen LogP contribution in [0.4, 0.5) is 22.0 Å². The molecule has 9 nitrogen and oxygen atoms in total. The third kappa shape index (κ3) is 6.53. The number of amides is 4. The van der Waals surface area contributed by atoms with Gasteiger partial charge < -0.3 is 20.9 Å². The van der Waals surface area contributed by atoms with Crippen LogP contribution in [0, 0.1) is 29.1 Å². The van der Waals surface area contributed by atoms with Crippen molar-refractivity contribution < 1.29 is 41.1 Å². The van der Waals surface area contributed by atoms with Crippen molar-refractivity contribution in [3.63, 3.8) is 0 Å². The summed E-state index contributed by atoms with van der Waals surface area (Å²) in [6.45, 7) is 3.71. The molecule has 2 bridgehead atoms. The Kier molecular flexibility index (Phi) is 8.88. The molecule has 3 N–H and O–H groups in total. The average molecular weight is 550 g/mol. The van der Waals surface area contributed by atoms with Crippen molar-refractivity contribution in [2.75, 3.05) is 6.54 Å². The molecule has 212 valence electrons. The highest BCUT2D eigenvalue weighted by Gasteiger charge is 2.61. The van der Waals surface area contributed by atoms with E-state index in [2.05, 4.69) is 10.6 Å². The highest BCUT2D eigenvalue weighted by molar-refractivity contribution is 5.94. The van der Waals surface area contributed by atoms with Crippen LogP contribution in [0.1, 0.15) is 58.8 Å². The highest BCUT2D eigenvalue weighted by Crippen LogP contribution is 2.49. The third-order valence-electron chi connectivity index (χ3n) is 7.42. The number of rotatable bonds is 8. The molecular formula is C24H32F5N5O4. The van der Waals surface area contributed by atoms with Crippen molar-refractivity contribution >= 4 is 23.6 Å². The quantitative estimate of drug-likeness (QED) is 0.399. The summed E-state index contributed by atoms with van der Waals surface area (Å²) >= 11 is 0. The minimum Gasteiger partial charge on any atom is -0.356 e. The molecule has 4 rings (SSSR count). The van der Waals surface area contributed by atoms with Gasteiger partial charge in [-0.2, -0.15) is 18.4 Å². The van der Waals surface area contributed by atoms with Crippen LogP contribution < -0.4 is 16.0 Å². The minimum absolute atomic E-state index is 0.0587. The molecule has 6 atom stereocenters. The molecule has 3 saturated heterocycles. The largest absolute Gasteiger partial charge is 0.471 e. The molecule has 1 saturated carbocycles. The van der Waals surface area contributed by atoms with Gasteiger partial charge in [0.25, 0.3) is 5.92 Å². The minimum atomic E-state index is -5.27. The van der Waals surface area contributed by atoms with Crippen LogP contribution in [0.2, 0.25) is 0 Å². The highest BCUT2D eigenvalue weighted by atomic mass is 19.4. The number of hydrogen-bond donors (Lipinski definition) is 3. The summed E-state index contributed by atoms with van der Waals surface area (Å²) < 4.78 is 68.7. The van der Waals surface area contributed by atoms with Gasteiger partial charge >= 0.3 is 12.1 Å². The molecule has 14 heteroatoms. The summed E-state index contributed by atoms with van der Waals surface area (Å²) in [6, 6.07) is -3.93. The maximum atomic E-state index is 14.9. The van der Waals surface area contributed by atoms with Gasteiger partial charge in [-0.05, 0) is 44.4 Å². The fourth-order valence-electron chi connectivity index (χ4n) is 5.68. The molecule has 0 aromatic carbocycles. The second-order valence-corrected chi connectivity index (χ2v) is 10.7. The Morgan fingerprint density at radius 3 is 2.42 bits per heavy atom. The first-order valence-corrected chi connectivity index (χ1v) is 12.7. The lowest BCUT2D eigenvalue weighted by molar-refractivity contribution is -0.196. The van der Waals surface area contributed by atoms with E-state index in [1.165, 1.54) is 0 Å². The van der Waals surface area contributed by atoms with Gasteiger partial charge in [0.1, 0.15) is 18.1 Å². The predicted molar refractivity (Wildman–Crippen MR) is 122 cm³/mol. The normalized spacial score (nSPS) is 28.2. The number of piperidine rings is 3. The Hall–Kier alpha value is -2.98. The zero-order valence-electron chi connectivity index (χ0n) is 21.1. The first-order chi connectivity index (χ1) is 17.7. The standard InChI is InChI=1S/C24H32F5N5O4/c1-12(2)8-17(33-22(38)24(27,28)29)21(37)34-15-5-6-16(23(25,26)10-15)18(34)20(36)32-14(11-30)9-13-4-3-7-31-19(13)35/h12-18H,3-10H2,1-2H3,(H,31,35)(H,32,36)(H,33,38)/t13-,14+,15+,16+,17-,18+/m1/s1. The number of carbonyl (C=O) groups is 4. The molecular weight excluding hydrogens is 517 g/mol. The average Bonchev–Trinajstić information content (AvgIpc) is 2.82. The number of fused-ring (bicyclic) bond motifs is 3. The number of nitriles is 1. The number of nitrogens with one attached hydrogen (secondary N) is 3. The molecule has 3 heterocycles. The van der Waals surface area contributed by atoms with Gasteiger partial charge in [0, 0.05) is 24.9 Å². The topological polar surface area (TPSA) is 131 Å². The molecule has 0 aromatic heterocycles. The van der Waals surface area contributed by atoms with Crippen LogP contribution in [0.15, 0.2) is 0 Å². The SMILES string of the molecule is CC(C)C[C@@H](NC(=O)C(F)(F)F)C(=O)N1[C@H]2CC[C@@H]([C@H]1C(=O)N[C@H](C#N)C[C@H]1CCCNC1=O)C(F)(F)C2. The van der Waals surface area contributed by atoms with E-state index in [1.54, 1.807) is 19.2 Å². The van der Waals surface area contributed by atoms with Crippen LogP contribution in [-0.2, 0) is 19.2 Å². The van der Waals surface area contributed by atoms with Crippen molar-refractivity contribution in [1.29, 1.82) is 5.26 Å². The van der Waals surface area contributed by atoms with Crippen molar-refractivity contribution in [3.8, 4) is 6.07 Å². The van der Waals surface area contributed by atoms with Crippen molar-refractivity contribution in [2.24, 2.45) is 17.8 Å². The van der Waals surface area contributed by atoms with Gasteiger partial charge in [-0.1, -0.05) is 13.8 Å². The van der Waals surface area contributed by atoms with Crippen LogP contribution in [0.3, 0.4) is 0 Å². The van der Waals surface area contributed by atoms with E-state index < -0.39 is 72.2 Å². The number of carbonyl (C=O) groups excluding carboxylic acids is 4. The Bertz CT molecular complexity index is 982. The molecule has 0 spiro atoms. The molecule has 1 aliphatic carbocycles. The molecule has 0 radical (unpaired) electrons. The molecule has 0 unspecified atom stereocenters. The van der Waals surface area contributed by atoms with Gasteiger partial charge in [0.2, 0.25) is 17.7 Å². The lowest BCUT2D eigenvalue weighted by atomic mass is 9.71. The Morgan fingerprint density at radius 2 is 1.87 bits per heavy atom. The van der Waals surface area contributed by atoms with E-state index in [9.17, 15) is 46.4 Å². The summed E-state index contributed by atoms with van der Waals surface area (Å²) in [5, 5.41) is 16.3. The summed E-state index contributed by atoms with van der Waals surface area (Å²) in [4.78, 5) is 51.5. The van der Waals surface area contributed by atoms with Crippen molar-refractivity contribution in [1.82, 2.24) is 20.9 Å². The molecule has 3 aliphatic heterocycles. The van der Waals surface area contributed by atoms with E-state index in [4.69, 9.17) is 0 Å².